The quantitative estimate of drug-likeness (QED) is 0.826. The Balaban J connectivity index is 1.95. The Bertz CT molecular complexity index is 536. The maximum absolute atomic E-state index is 11.6. The largest absolute Gasteiger partial charge is 0.348 e. The molecule has 19 heavy (non-hydrogen) atoms. The average Bonchev–Trinajstić information content (AvgIpc) is 2.97. The van der Waals surface area contributed by atoms with Gasteiger partial charge in [0.1, 0.15) is 0 Å². The minimum atomic E-state index is 0.0417. The Kier molecular flexibility index (Phi) is 4.28. The van der Waals surface area contributed by atoms with Gasteiger partial charge in [-0.05, 0) is 18.5 Å². The van der Waals surface area contributed by atoms with Gasteiger partial charge in [0.05, 0.1) is 13.1 Å². The number of amides is 1. The van der Waals surface area contributed by atoms with Gasteiger partial charge in [0, 0.05) is 25.0 Å². The first-order valence-corrected chi connectivity index (χ1v) is 6.74. The van der Waals surface area contributed by atoms with E-state index in [0.29, 0.717) is 24.8 Å². The zero-order chi connectivity index (χ0) is 13.8. The van der Waals surface area contributed by atoms with E-state index >= 15 is 0 Å². The molecule has 0 aliphatic carbocycles. The lowest BCUT2D eigenvalue weighted by Gasteiger charge is -2.16. The Hall–Kier alpha value is -1.73. The summed E-state index contributed by atoms with van der Waals surface area (Å²) in [6.45, 7) is 0.778. The van der Waals surface area contributed by atoms with E-state index in [1.54, 1.807) is 30.3 Å². The highest BCUT2D eigenvalue weighted by Crippen LogP contribution is 2.18. The molecule has 0 N–H and O–H groups in total. The van der Waals surface area contributed by atoms with E-state index in [4.69, 9.17) is 4.52 Å². The summed E-state index contributed by atoms with van der Waals surface area (Å²) in [6, 6.07) is 1.94. The van der Waals surface area contributed by atoms with Crippen LogP contribution in [0, 0.1) is 0 Å². The van der Waals surface area contributed by atoms with Crippen molar-refractivity contribution in [3.05, 3.63) is 22.7 Å². The van der Waals surface area contributed by atoms with Crippen molar-refractivity contribution in [2.45, 2.75) is 6.54 Å². The van der Waals surface area contributed by atoms with Gasteiger partial charge in [0.15, 0.2) is 0 Å². The van der Waals surface area contributed by atoms with Crippen LogP contribution in [0.1, 0.15) is 5.89 Å². The molecule has 0 aliphatic heterocycles. The molecule has 2 aromatic heterocycles. The standard InChI is InChI=1S/C12H16N4O2S/c1-15(2)11(17)7-16(3)6-10-13-12(14-18-10)9-4-5-19-8-9/h4-5,8H,6-7H2,1-3H3. The van der Waals surface area contributed by atoms with E-state index in [1.165, 1.54) is 0 Å². The maximum atomic E-state index is 11.6. The summed E-state index contributed by atoms with van der Waals surface area (Å²) in [5.41, 5.74) is 0.951. The molecule has 0 bridgehead atoms. The van der Waals surface area contributed by atoms with E-state index < -0.39 is 0 Å². The Morgan fingerprint density at radius 1 is 1.42 bits per heavy atom. The minimum absolute atomic E-state index is 0.0417. The highest BCUT2D eigenvalue weighted by molar-refractivity contribution is 7.08. The third kappa shape index (κ3) is 3.62. The number of likely N-dealkylation sites (N-methyl/N-ethyl adjacent to an activating group) is 2. The third-order valence-corrected chi connectivity index (χ3v) is 3.24. The summed E-state index contributed by atoms with van der Waals surface area (Å²) in [5.74, 6) is 1.14. The van der Waals surface area contributed by atoms with Crippen molar-refractivity contribution in [2.75, 3.05) is 27.7 Å². The zero-order valence-corrected chi connectivity index (χ0v) is 12.0. The SMILES string of the molecule is CN(CC(=O)N(C)C)Cc1nc(-c2ccsc2)no1. The van der Waals surface area contributed by atoms with Crippen LogP contribution in [0.4, 0.5) is 0 Å². The topological polar surface area (TPSA) is 62.5 Å². The highest BCUT2D eigenvalue weighted by atomic mass is 32.1. The number of thiophene rings is 1. The molecule has 0 atom stereocenters. The van der Waals surface area contributed by atoms with E-state index in [-0.39, 0.29) is 5.91 Å². The van der Waals surface area contributed by atoms with E-state index in [0.717, 1.165) is 5.56 Å². The van der Waals surface area contributed by atoms with Crippen molar-refractivity contribution in [3.8, 4) is 11.4 Å². The lowest BCUT2D eigenvalue weighted by molar-refractivity contribution is -0.129. The first kappa shape index (κ1) is 13.7. The Morgan fingerprint density at radius 3 is 2.84 bits per heavy atom. The number of hydrogen-bond acceptors (Lipinski definition) is 6. The second kappa shape index (κ2) is 5.94. The van der Waals surface area contributed by atoms with Gasteiger partial charge < -0.3 is 9.42 Å². The van der Waals surface area contributed by atoms with Crippen molar-refractivity contribution >= 4 is 17.2 Å². The molecule has 2 rings (SSSR count). The molecule has 0 aliphatic rings. The van der Waals surface area contributed by atoms with Crippen LogP contribution in [-0.2, 0) is 11.3 Å². The van der Waals surface area contributed by atoms with Gasteiger partial charge in [-0.15, -0.1) is 0 Å². The fraction of sp³-hybridized carbons (Fsp3) is 0.417. The van der Waals surface area contributed by atoms with E-state index in [9.17, 15) is 4.79 Å². The van der Waals surface area contributed by atoms with Crippen LogP contribution in [0.5, 0.6) is 0 Å². The summed E-state index contributed by atoms with van der Waals surface area (Å²) in [6.07, 6.45) is 0. The van der Waals surface area contributed by atoms with Crippen LogP contribution in [0.15, 0.2) is 21.3 Å². The molecule has 0 fully saturated rings. The second-order valence-electron chi connectivity index (χ2n) is 4.48. The van der Waals surface area contributed by atoms with Crippen molar-refractivity contribution in [2.24, 2.45) is 0 Å². The van der Waals surface area contributed by atoms with Crippen LogP contribution in [0.2, 0.25) is 0 Å². The van der Waals surface area contributed by atoms with Gasteiger partial charge in [-0.1, -0.05) is 5.16 Å². The maximum Gasteiger partial charge on any atom is 0.241 e. The predicted molar refractivity (Wildman–Crippen MR) is 72.6 cm³/mol. The van der Waals surface area contributed by atoms with Crippen molar-refractivity contribution in [1.82, 2.24) is 19.9 Å². The van der Waals surface area contributed by atoms with Gasteiger partial charge >= 0.3 is 0 Å². The van der Waals surface area contributed by atoms with Gasteiger partial charge in [-0.25, -0.2) is 0 Å². The molecular weight excluding hydrogens is 264 g/mol. The molecule has 0 unspecified atom stereocenters. The van der Waals surface area contributed by atoms with Gasteiger partial charge in [-0.3, -0.25) is 9.69 Å². The molecular formula is C12H16N4O2S. The van der Waals surface area contributed by atoms with Crippen LogP contribution in [0.3, 0.4) is 0 Å². The summed E-state index contributed by atoms with van der Waals surface area (Å²) in [7, 11) is 5.31. The third-order valence-electron chi connectivity index (χ3n) is 2.56. The Morgan fingerprint density at radius 2 is 2.21 bits per heavy atom. The molecule has 0 aromatic carbocycles. The Labute approximate surface area is 115 Å². The first-order chi connectivity index (χ1) is 9.06. The van der Waals surface area contributed by atoms with E-state index in [2.05, 4.69) is 10.1 Å². The molecule has 0 saturated carbocycles. The van der Waals surface area contributed by atoms with Crippen molar-refractivity contribution in [3.63, 3.8) is 0 Å². The molecule has 2 aromatic rings. The van der Waals surface area contributed by atoms with E-state index in [1.807, 2.05) is 28.8 Å². The van der Waals surface area contributed by atoms with Crippen LogP contribution in [-0.4, -0.2) is 53.5 Å². The lowest BCUT2D eigenvalue weighted by atomic mass is 10.3. The average molecular weight is 280 g/mol. The van der Waals surface area contributed by atoms with Gasteiger partial charge in [0.2, 0.25) is 17.6 Å². The van der Waals surface area contributed by atoms with Crippen LogP contribution >= 0.6 is 11.3 Å². The molecule has 2 heterocycles. The number of aromatic nitrogens is 2. The van der Waals surface area contributed by atoms with Crippen molar-refractivity contribution in [1.29, 1.82) is 0 Å². The zero-order valence-electron chi connectivity index (χ0n) is 11.2. The molecule has 102 valence electrons. The molecule has 0 spiro atoms. The highest BCUT2D eigenvalue weighted by Gasteiger charge is 2.13. The molecule has 6 nitrogen and oxygen atoms in total. The lowest BCUT2D eigenvalue weighted by Crippen LogP contribution is -2.34. The number of carbonyl (C=O) groups is 1. The van der Waals surface area contributed by atoms with Crippen LogP contribution < -0.4 is 0 Å². The fourth-order valence-electron chi connectivity index (χ4n) is 1.49. The normalized spacial score (nSPS) is 10.9. The molecule has 7 heteroatoms. The van der Waals surface area contributed by atoms with Gasteiger partial charge in [-0.2, -0.15) is 16.3 Å². The summed E-state index contributed by atoms with van der Waals surface area (Å²) >= 11 is 1.59. The number of rotatable bonds is 5. The summed E-state index contributed by atoms with van der Waals surface area (Å²) < 4.78 is 5.18. The molecule has 1 amide bonds. The number of nitrogens with zero attached hydrogens (tertiary/aromatic N) is 4. The predicted octanol–water partition coefficient (Wildman–Crippen LogP) is 1.32. The molecule has 0 saturated heterocycles. The molecule has 0 radical (unpaired) electrons. The number of carbonyl (C=O) groups excluding carboxylic acids is 1. The summed E-state index contributed by atoms with van der Waals surface area (Å²) in [4.78, 5) is 19.3. The van der Waals surface area contributed by atoms with Crippen LogP contribution in [0.25, 0.3) is 11.4 Å². The second-order valence-corrected chi connectivity index (χ2v) is 5.26. The summed E-state index contributed by atoms with van der Waals surface area (Å²) in [5, 5.41) is 7.86. The smallest absolute Gasteiger partial charge is 0.241 e. The van der Waals surface area contributed by atoms with Gasteiger partial charge in [0.25, 0.3) is 0 Å². The van der Waals surface area contributed by atoms with Crippen molar-refractivity contribution < 1.29 is 9.32 Å². The fourth-order valence-corrected chi connectivity index (χ4v) is 2.12. The minimum Gasteiger partial charge on any atom is -0.348 e. The first-order valence-electron chi connectivity index (χ1n) is 5.80. The number of hydrogen-bond donors (Lipinski definition) is 0. The monoisotopic (exact) mass is 280 g/mol.